The highest BCUT2D eigenvalue weighted by atomic mass is 16.4. The van der Waals surface area contributed by atoms with Crippen molar-refractivity contribution >= 4 is 12.0 Å². The van der Waals surface area contributed by atoms with E-state index in [1.807, 2.05) is 6.07 Å². The number of carboxylic acids is 1. The predicted octanol–water partition coefficient (Wildman–Crippen LogP) is 0.575. The normalized spacial score (nSPS) is 9.95. The van der Waals surface area contributed by atoms with Crippen LogP contribution in [0.4, 0.5) is 4.79 Å². The van der Waals surface area contributed by atoms with Crippen LogP contribution in [0.1, 0.15) is 22.3 Å². The van der Waals surface area contributed by atoms with Crippen LogP contribution in [0, 0.1) is 0 Å². The molecule has 6 nitrogen and oxygen atoms in total. The molecule has 1 rings (SSSR count). The Morgan fingerprint density at radius 3 is 2.63 bits per heavy atom. The summed E-state index contributed by atoms with van der Waals surface area (Å²) in [5.74, 6) is -0.950. The fourth-order valence-corrected chi connectivity index (χ4v) is 1.55. The Kier molecular flexibility index (Phi) is 6.38. The first kappa shape index (κ1) is 15.0. The van der Waals surface area contributed by atoms with E-state index >= 15 is 0 Å². The Morgan fingerprint density at radius 2 is 1.95 bits per heavy atom. The molecule has 0 saturated heterocycles. The molecular formula is C13H19N3O3. The van der Waals surface area contributed by atoms with Crippen molar-refractivity contribution in [2.24, 2.45) is 5.73 Å². The van der Waals surface area contributed by atoms with E-state index in [9.17, 15) is 9.59 Å². The van der Waals surface area contributed by atoms with Crippen LogP contribution in [0.3, 0.4) is 0 Å². The Hall–Kier alpha value is -2.08. The van der Waals surface area contributed by atoms with E-state index < -0.39 is 5.97 Å². The minimum absolute atomic E-state index is 0.233. The van der Waals surface area contributed by atoms with Crippen molar-refractivity contribution < 1.29 is 14.7 Å². The number of nitrogens with two attached hydrogens (primary N) is 1. The number of hydrogen-bond donors (Lipinski definition) is 4. The van der Waals surface area contributed by atoms with Crippen molar-refractivity contribution in [3.05, 3.63) is 35.4 Å². The van der Waals surface area contributed by atoms with Crippen LogP contribution < -0.4 is 16.4 Å². The van der Waals surface area contributed by atoms with Gasteiger partial charge in [-0.15, -0.1) is 0 Å². The van der Waals surface area contributed by atoms with Crippen molar-refractivity contribution in [2.45, 2.75) is 12.8 Å². The molecule has 0 aliphatic carbocycles. The zero-order chi connectivity index (χ0) is 14.1. The molecule has 2 amide bonds. The number of aromatic carboxylic acids is 1. The molecule has 0 fully saturated rings. The Morgan fingerprint density at radius 1 is 1.21 bits per heavy atom. The molecule has 0 aliphatic rings. The third-order valence-corrected chi connectivity index (χ3v) is 2.54. The average Bonchev–Trinajstić information content (AvgIpc) is 2.39. The fourth-order valence-electron chi connectivity index (χ4n) is 1.55. The lowest BCUT2D eigenvalue weighted by Crippen LogP contribution is -2.37. The van der Waals surface area contributed by atoms with Gasteiger partial charge in [0.05, 0.1) is 5.56 Å². The molecule has 0 aromatic heterocycles. The summed E-state index contributed by atoms with van der Waals surface area (Å²) in [6.45, 7) is 1.55. The lowest BCUT2D eigenvalue weighted by Gasteiger charge is -2.07. The summed E-state index contributed by atoms with van der Waals surface area (Å²) in [5.41, 5.74) is 6.44. The van der Waals surface area contributed by atoms with E-state index in [-0.39, 0.29) is 11.6 Å². The number of nitrogens with one attached hydrogen (secondary N) is 2. The van der Waals surface area contributed by atoms with Crippen LogP contribution >= 0.6 is 0 Å². The van der Waals surface area contributed by atoms with Gasteiger partial charge in [0.25, 0.3) is 0 Å². The Balaban J connectivity index is 2.31. The van der Waals surface area contributed by atoms with Crippen LogP contribution in [0.5, 0.6) is 0 Å². The second-order valence-electron chi connectivity index (χ2n) is 4.08. The van der Waals surface area contributed by atoms with Gasteiger partial charge in [-0.1, -0.05) is 12.1 Å². The second-order valence-corrected chi connectivity index (χ2v) is 4.08. The summed E-state index contributed by atoms with van der Waals surface area (Å²) >= 11 is 0. The highest BCUT2D eigenvalue weighted by molar-refractivity contribution is 5.87. The van der Waals surface area contributed by atoms with Gasteiger partial charge in [-0.05, 0) is 37.1 Å². The zero-order valence-corrected chi connectivity index (χ0v) is 10.7. The molecule has 5 N–H and O–H groups in total. The summed E-state index contributed by atoms with van der Waals surface area (Å²) in [6, 6.07) is 6.44. The number of carbonyl (C=O) groups is 2. The van der Waals surface area contributed by atoms with E-state index in [4.69, 9.17) is 10.8 Å². The first-order valence-corrected chi connectivity index (χ1v) is 6.17. The molecule has 0 unspecified atom stereocenters. The van der Waals surface area contributed by atoms with E-state index in [2.05, 4.69) is 10.6 Å². The minimum atomic E-state index is -0.950. The van der Waals surface area contributed by atoms with Crippen molar-refractivity contribution in [3.8, 4) is 0 Å². The summed E-state index contributed by atoms with van der Waals surface area (Å²) in [6.07, 6.45) is 1.33. The topological polar surface area (TPSA) is 104 Å². The summed E-state index contributed by atoms with van der Waals surface area (Å²) in [4.78, 5) is 22.1. The first-order valence-electron chi connectivity index (χ1n) is 6.17. The third kappa shape index (κ3) is 5.87. The Bertz CT molecular complexity index is 435. The quantitative estimate of drug-likeness (QED) is 0.541. The molecule has 0 heterocycles. The third-order valence-electron chi connectivity index (χ3n) is 2.54. The van der Waals surface area contributed by atoms with E-state index in [1.54, 1.807) is 18.2 Å². The van der Waals surface area contributed by atoms with Crippen molar-refractivity contribution in [3.63, 3.8) is 0 Å². The molecule has 0 spiro atoms. The smallest absolute Gasteiger partial charge is 0.335 e. The number of benzene rings is 1. The highest BCUT2D eigenvalue weighted by Gasteiger charge is 2.03. The molecule has 0 atom stereocenters. The highest BCUT2D eigenvalue weighted by Crippen LogP contribution is 2.05. The lowest BCUT2D eigenvalue weighted by molar-refractivity contribution is 0.0696. The molecule has 1 aromatic carbocycles. The molecule has 0 saturated carbocycles. The minimum Gasteiger partial charge on any atom is -0.478 e. The van der Waals surface area contributed by atoms with Gasteiger partial charge in [-0.25, -0.2) is 9.59 Å². The van der Waals surface area contributed by atoms with Crippen molar-refractivity contribution in [1.29, 1.82) is 0 Å². The van der Waals surface area contributed by atoms with E-state index in [0.717, 1.165) is 12.0 Å². The average molecular weight is 265 g/mol. The van der Waals surface area contributed by atoms with Gasteiger partial charge in [0.2, 0.25) is 0 Å². The number of amides is 2. The van der Waals surface area contributed by atoms with Crippen LogP contribution in [-0.4, -0.2) is 36.7 Å². The van der Waals surface area contributed by atoms with Gasteiger partial charge in [-0.2, -0.15) is 0 Å². The van der Waals surface area contributed by atoms with Gasteiger partial charge in [-0.3, -0.25) is 0 Å². The van der Waals surface area contributed by atoms with E-state index in [1.165, 1.54) is 0 Å². The lowest BCUT2D eigenvalue weighted by atomic mass is 10.1. The largest absolute Gasteiger partial charge is 0.478 e. The molecular weight excluding hydrogens is 246 g/mol. The maximum atomic E-state index is 11.3. The zero-order valence-electron chi connectivity index (χ0n) is 10.7. The Labute approximate surface area is 112 Å². The van der Waals surface area contributed by atoms with Crippen molar-refractivity contribution in [1.82, 2.24) is 10.6 Å². The number of carbonyl (C=O) groups excluding carboxylic acids is 1. The standard InChI is InChI=1S/C13H19N3O3/c14-6-2-7-15-13(19)16-8-5-10-3-1-4-11(9-10)12(17)18/h1,3-4,9H,2,5-8,14H2,(H,17,18)(H2,15,16,19). The number of carboxylic acid groups (broad SMARTS) is 1. The SMILES string of the molecule is NCCCNC(=O)NCCc1cccc(C(=O)O)c1. The maximum Gasteiger partial charge on any atom is 0.335 e. The molecule has 0 aliphatic heterocycles. The van der Waals surface area contributed by atoms with Gasteiger partial charge in [0.1, 0.15) is 0 Å². The maximum absolute atomic E-state index is 11.3. The predicted molar refractivity (Wildman–Crippen MR) is 72.2 cm³/mol. The number of rotatable bonds is 7. The monoisotopic (exact) mass is 265 g/mol. The fraction of sp³-hybridized carbons (Fsp3) is 0.385. The molecule has 0 bridgehead atoms. The number of hydrogen-bond acceptors (Lipinski definition) is 3. The summed E-state index contributed by atoms with van der Waals surface area (Å²) in [5, 5.41) is 14.2. The molecule has 1 aromatic rings. The number of urea groups is 1. The van der Waals surface area contributed by atoms with Crippen LogP contribution in [0.2, 0.25) is 0 Å². The van der Waals surface area contributed by atoms with Crippen LogP contribution in [0.25, 0.3) is 0 Å². The van der Waals surface area contributed by atoms with Crippen molar-refractivity contribution in [2.75, 3.05) is 19.6 Å². The van der Waals surface area contributed by atoms with Crippen LogP contribution in [0.15, 0.2) is 24.3 Å². The van der Waals surface area contributed by atoms with Gasteiger partial charge >= 0.3 is 12.0 Å². The van der Waals surface area contributed by atoms with E-state index in [0.29, 0.717) is 26.1 Å². The summed E-state index contributed by atoms with van der Waals surface area (Å²) in [7, 11) is 0. The summed E-state index contributed by atoms with van der Waals surface area (Å²) < 4.78 is 0. The van der Waals surface area contributed by atoms with Gasteiger partial charge in [0.15, 0.2) is 0 Å². The second kappa shape index (κ2) is 8.10. The molecule has 0 radical (unpaired) electrons. The van der Waals surface area contributed by atoms with Gasteiger partial charge in [0, 0.05) is 13.1 Å². The molecule has 6 heteroatoms. The van der Waals surface area contributed by atoms with Gasteiger partial charge < -0.3 is 21.5 Å². The first-order chi connectivity index (χ1) is 9.13. The van der Waals surface area contributed by atoms with Crippen LogP contribution in [-0.2, 0) is 6.42 Å². The molecule has 104 valence electrons. The molecule has 19 heavy (non-hydrogen) atoms.